The number of rotatable bonds is 15. The van der Waals surface area contributed by atoms with Crippen molar-refractivity contribution in [2.24, 2.45) is 21.5 Å². The molecule has 19 unspecified atom stereocenters. The van der Waals surface area contributed by atoms with Crippen LogP contribution in [0.4, 0.5) is 22.7 Å². The third-order valence-electron chi connectivity index (χ3n) is 12.2. The molecule has 68 heavy (non-hydrogen) atoms. The van der Waals surface area contributed by atoms with Gasteiger partial charge in [-0.25, -0.2) is 9.98 Å². The SMILES string of the molecule is CC(=O)NC1COC(CO)C(OC2OC(CO)C(OC3OC(CO)C(OC4OC(CO)C(O)C(O)C4N)C(O)C3Nc3ccc(N=C4C=CC(=Nc5ccc(N)cc5)C=C4)cc3)C(O)C2N)C1O. The Morgan fingerprint density at radius 1 is 0.618 bits per heavy atom. The van der Waals surface area contributed by atoms with Crippen molar-refractivity contribution in [2.45, 2.75) is 123 Å². The monoisotopic (exact) mass is 959 g/mol. The van der Waals surface area contributed by atoms with Gasteiger partial charge in [-0.2, -0.15) is 0 Å². The van der Waals surface area contributed by atoms with Crippen LogP contribution in [-0.4, -0.2) is 213 Å². The number of hydrogen-bond acceptors (Lipinski definition) is 23. The zero-order valence-corrected chi connectivity index (χ0v) is 36.9. The molecule has 4 heterocycles. The lowest BCUT2D eigenvalue weighted by Crippen LogP contribution is -2.69. The molecule has 1 aliphatic carbocycles. The minimum Gasteiger partial charge on any atom is -0.399 e. The third kappa shape index (κ3) is 11.8. The number of nitrogens with one attached hydrogen (secondary N) is 2. The number of nitrogens with zero attached hydrogens (tertiary/aromatic N) is 2. The summed E-state index contributed by atoms with van der Waals surface area (Å²) in [7, 11) is 0. The van der Waals surface area contributed by atoms with Gasteiger partial charge in [0, 0.05) is 18.3 Å². The summed E-state index contributed by atoms with van der Waals surface area (Å²) >= 11 is 0. The van der Waals surface area contributed by atoms with Crippen molar-refractivity contribution in [3.8, 4) is 0 Å². The van der Waals surface area contributed by atoms with E-state index in [2.05, 4.69) is 20.6 Å². The molecule has 2 aromatic carbocycles. The molecular weight excluding hydrogens is 899 g/mol. The maximum atomic E-state index is 12.1. The highest BCUT2D eigenvalue weighted by atomic mass is 16.8. The molecule has 0 saturated carbocycles. The minimum absolute atomic E-state index is 0.142. The van der Waals surface area contributed by atoms with Crippen LogP contribution < -0.4 is 27.8 Å². The fourth-order valence-electron chi connectivity index (χ4n) is 8.43. The molecule has 0 spiro atoms. The van der Waals surface area contributed by atoms with Crippen LogP contribution in [0.15, 0.2) is 82.8 Å². The normalized spacial score (nSPS) is 38.5. The average Bonchev–Trinajstić information content (AvgIpc) is 3.33. The molecule has 0 aromatic heterocycles. The van der Waals surface area contributed by atoms with Crippen LogP contribution in [0.25, 0.3) is 0 Å². The van der Waals surface area contributed by atoms with Crippen molar-refractivity contribution in [2.75, 3.05) is 44.1 Å². The van der Waals surface area contributed by atoms with Crippen molar-refractivity contribution in [3.05, 3.63) is 72.8 Å². The molecule has 0 bridgehead atoms. The van der Waals surface area contributed by atoms with Gasteiger partial charge in [-0.1, -0.05) is 0 Å². The molecule has 17 N–H and O–H groups in total. The number of nitrogens with two attached hydrogens (primary N) is 3. The molecule has 4 fully saturated rings. The maximum Gasteiger partial charge on any atom is 0.217 e. The van der Waals surface area contributed by atoms with Crippen molar-refractivity contribution in [3.63, 3.8) is 0 Å². The van der Waals surface area contributed by atoms with E-state index < -0.39 is 149 Å². The van der Waals surface area contributed by atoms with E-state index >= 15 is 0 Å². The van der Waals surface area contributed by atoms with Gasteiger partial charge in [-0.05, 0) is 72.8 Å². The van der Waals surface area contributed by atoms with Crippen LogP contribution in [0, 0.1) is 0 Å². The first-order chi connectivity index (χ1) is 32.6. The van der Waals surface area contributed by atoms with Gasteiger partial charge in [0.2, 0.25) is 5.91 Å². The van der Waals surface area contributed by atoms with Gasteiger partial charge < -0.3 is 107 Å². The van der Waals surface area contributed by atoms with Crippen molar-refractivity contribution in [1.82, 2.24) is 5.32 Å². The number of benzene rings is 2. The first-order valence-corrected chi connectivity index (χ1v) is 22.0. The van der Waals surface area contributed by atoms with Crippen LogP contribution in [-0.2, 0) is 38.0 Å². The van der Waals surface area contributed by atoms with E-state index in [1.54, 1.807) is 48.6 Å². The number of aliphatic hydroxyl groups excluding tert-OH is 9. The average molecular weight is 960 g/mol. The molecular formula is C44H61N7O17. The van der Waals surface area contributed by atoms with Crippen LogP contribution in [0.5, 0.6) is 0 Å². The van der Waals surface area contributed by atoms with E-state index in [-0.39, 0.29) is 6.61 Å². The topological polar surface area (TPSA) is 391 Å². The predicted molar refractivity (Wildman–Crippen MR) is 239 cm³/mol. The first kappa shape index (κ1) is 51.5. The van der Waals surface area contributed by atoms with Gasteiger partial charge in [0.15, 0.2) is 18.9 Å². The maximum absolute atomic E-state index is 12.1. The van der Waals surface area contributed by atoms with Crippen LogP contribution in [0.1, 0.15) is 6.92 Å². The fourth-order valence-corrected chi connectivity index (χ4v) is 8.43. The largest absolute Gasteiger partial charge is 0.399 e. The van der Waals surface area contributed by atoms with E-state index in [0.717, 1.165) is 5.69 Å². The molecule has 19 atom stereocenters. The van der Waals surface area contributed by atoms with Crippen LogP contribution in [0.3, 0.4) is 0 Å². The van der Waals surface area contributed by atoms with E-state index in [9.17, 15) is 50.8 Å². The Morgan fingerprint density at radius 2 is 1.07 bits per heavy atom. The molecule has 4 aliphatic heterocycles. The van der Waals surface area contributed by atoms with Crippen molar-refractivity contribution < 1.29 is 83.9 Å². The van der Waals surface area contributed by atoms with E-state index in [0.29, 0.717) is 28.5 Å². The summed E-state index contributed by atoms with van der Waals surface area (Å²) in [5.74, 6) is -0.460. The van der Waals surface area contributed by atoms with Gasteiger partial charge >= 0.3 is 0 Å². The number of anilines is 2. The summed E-state index contributed by atoms with van der Waals surface area (Å²) in [5, 5.41) is 103. The number of nitrogen functional groups attached to an aromatic ring is 1. The summed E-state index contributed by atoms with van der Waals surface area (Å²) in [4.78, 5) is 21.0. The lowest BCUT2D eigenvalue weighted by atomic mass is 9.93. The lowest BCUT2D eigenvalue weighted by molar-refractivity contribution is -0.354. The summed E-state index contributed by atoms with van der Waals surface area (Å²) < 4.78 is 41.8. The zero-order valence-electron chi connectivity index (χ0n) is 36.9. The van der Waals surface area contributed by atoms with Crippen molar-refractivity contribution >= 4 is 40.1 Å². The molecule has 5 aliphatic rings. The number of amides is 1. The van der Waals surface area contributed by atoms with Gasteiger partial charge in [0.05, 0.1) is 74.0 Å². The summed E-state index contributed by atoms with van der Waals surface area (Å²) in [5.41, 5.74) is 22.0. The number of aliphatic hydroxyl groups is 9. The Balaban J connectivity index is 1.11. The molecule has 2 aromatic rings. The number of ether oxygens (including phenoxy) is 7. The number of allylic oxidation sites excluding steroid dienone is 4. The molecule has 4 saturated heterocycles. The van der Waals surface area contributed by atoms with Gasteiger partial charge in [-0.3, -0.25) is 4.79 Å². The van der Waals surface area contributed by atoms with E-state index in [4.69, 9.17) is 50.4 Å². The Labute approximate surface area is 390 Å². The standard InChI is InChI=1S/C44H61N7O17/c1-19(56)48-26-18-62-28(15-53)39(34(26)57)66-43-32(47)37(60)40(29(16-54)64-43)68-44-33(38(61)41(30(17-55)65-44)67-42-31(46)36(59)35(58)27(14-52)63-42)51-25-12-10-24(11-13-25)50-23-8-6-22(7-9-23)49-21-4-2-20(45)3-5-21/h2-13,26-44,51-55,57-61H,14-18,45-47H2,1H3,(H,48,56). The molecule has 0 radical (unpaired) electrons. The van der Waals surface area contributed by atoms with Gasteiger partial charge in [-0.15, -0.1) is 0 Å². The van der Waals surface area contributed by atoms with E-state index in [1.807, 2.05) is 24.3 Å². The fraction of sp³-hybridized carbons (Fsp3) is 0.568. The predicted octanol–water partition coefficient (Wildman–Crippen LogP) is -4.32. The summed E-state index contributed by atoms with van der Waals surface area (Å²) in [6.45, 7) is -1.79. The molecule has 24 heteroatoms. The lowest BCUT2D eigenvalue weighted by Gasteiger charge is -2.50. The molecule has 374 valence electrons. The number of carbonyl (C=O) groups is 1. The molecule has 24 nitrogen and oxygen atoms in total. The number of carbonyl (C=O) groups excluding carboxylic acids is 1. The highest BCUT2D eigenvalue weighted by Gasteiger charge is 2.54. The Hall–Kier alpha value is -4.39. The Bertz CT molecular complexity index is 2080. The highest BCUT2D eigenvalue weighted by Crippen LogP contribution is 2.35. The second kappa shape index (κ2) is 23.0. The molecule has 7 rings (SSSR count). The second-order valence-electron chi connectivity index (χ2n) is 17.0. The minimum atomic E-state index is -1.70. The van der Waals surface area contributed by atoms with Gasteiger partial charge in [0.25, 0.3) is 0 Å². The Kier molecular flexibility index (Phi) is 17.4. The smallest absolute Gasteiger partial charge is 0.217 e. The zero-order chi connectivity index (χ0) is 48.8. The summed E-state index contributed by atoms with van der Waals surface area (Å²) in [6.07, 6.45) is -14.9. The van der Waals surface area contributed by atoms with Gasteiger partial charge in [0.1, 0.15) is 79.3 Å². The quantitative estimate of drug-likeness (QED) is 0.0593. The van der Waals surface area contributed by atoms with E-state index in [1.165, 1.54) is 6.92 Å². The summed E-state index contributed by atoms with van der Waals surface area (Å²) in [6, 6.07) is 8.72. The van der Waals surface area contributed by atoms with Crippen LogP contribution in [0.2, 0.25) is 0 Å². The number of hydrogen-bond donors (Lipinski definition) is 14. The molecule has 1 amide bonds. The van der Waals surface area contributed by atoms with Crippen LogP contribution >= 0.6 is 0 Å². The highest BCUT2D eigenvalue weighted by molar-refractivity contribution is 6.19. The number of aliphatic imine (C=N–C) groups is 2. The second-order valence-corrected chi connectivity index (χ2v) is 17.0. The Morgan fingerprint density at radius 3 is 1.60 bits per heavy atom. The third-order valence-corrected chi connectivity index (χ3v) is 12.2. The first-order valence-electron chi connectivity index (χ1n) is 22.0. The van der Waals surface area contributed by atoms with Crippen molar-refractivity contribution in [1.29, 1.82) is 0 Å².